The van der Waals surface area contributed by atoms with Gasteiger partial charge in [0, 0.05) is 30.6 Å². The summed E-state index contributed by atoms with van der Waals surface area (Å²) in [6.45, 7) is 3.58. The summed E-state index contributed by atoms with van der Waals surface area (Å²) in [5, 5.41) is 0. The van der Waals surface area contributed by atoms with Crippen molar-refractivity contribution in [2.45, 2.75) is 44.7 Å². The third kappa shape index (κ3) is 3.36. The molecule has 0 bridgehead atoms. The Labute approximate surface area is 144 Å². The highest BCUT2D eigenvalue weighted by atomic mass is 16.2. The van der Waals surface area contributed by atoms with Crippen molar-refractivity contribution >= 4 is 5.91 Å². The van der Waals surface area contributed by atoms with E-state index in [0.29, 0.717) is 18.5 Å². The van der Waals surface area contributed by atoms with E-state index in [-0.39, 0.29) is 5.91 Å². The molecule has 126 valence electrons. The minimum Gasteiger partial charge on any atom is -0.335 e. The third-order valence-electron chi connectivity index (χ3n) is 5.13. The summed E-state index contributed by atoms with van der Waals surface area (Å²) < 4.78 is 0. The van der Waals surface area contributed by atoms with Gasteiger partial charge < -0.3 is 10.6 Å². The first-order chi connectivity index (χ1) is 11.7. The number of nitrogens with zero attached hydrogens (tertiary/aromatic N) is 1. The minimum atomic E-state index is 0.149. The summed E-state index contributed by atoms with van der Waals surface area (Å²) in [7, 11) is 0. The Kier molecular flexibility index (Phi) is 5.31. The van der Waals surface area contributed by atoms with Crippen LogP contribution < -0.4 is 5.73 Å². The van der Waals surface area contributed by atoms with Gasteiger partial charge in [0.05, 0.1) is 0 Å². The zero-order valence-electron chi connectivity index (χ0n) is 14.3. The molecule has 0 radical (unpaired) electrons. The van der Waals surface area contributed by atoms with Crippen LogP contribution in [0.1, 0.15) is 53.6 Å². The molecular weight excluding hydrogens is 296 g/mol. The summed E-state index contributed by atoms with van der Waals surface area (Å²) in [5.74, 6) is 0.552. The van der Waals surface area contributed by atoms with Gasteiger partial charge >= 0.3 is 0 Å². The van der Waals surface area contributed by atoms with Gasteiger partial charge in [-0.3, -0.25) is 4.79 Å². The van der Waals surface area contributed by atoms with Gasteiger partial charge in [-0.2, -0.15) is 0 Å². The summed E-state index contributed by atoms with van der Waals surface area (Å²) in [6.07, 6.45) is 3.21. The molecule has 1 amide bonds. The van der Waals surface area contributed by atoms with Crippen LogP contribution in [0.5, 0.6) is 0 Å². The Morgan fingerprint density at radius 2 is 1.88 bits per heavy atom. The van der Waals surface area contributed by atoms with Crippen LogP contribution in [-0.2, 0) is 6.54 Å². The van der Waals surface area contributed by atoms with E-state index in [1.54, 1.807) is 0 Å². The lowest BCUT2D eigenvalue weighted by molar-refractivity contribution is 0.0714. The molecule has 1 fully saturated rings. The van der Waals surface area contributed by atoms with Crippen LogP contribution >= 0.6 is 0 Å². The molecule has 0 aliphatic carbocycles. The number of hydrogen-bond donors (Lipinski definition) is 1. The maximum Gasteiger partial charge on any atom is 0.254 e. The highest BCUT2D eigenvalue weighted by Gasteiger charge is 2.34. The molecule has 2 unspecified atom stereocenters. The fourth-order valence-electron chi connectivity index (χ4n) is 3.84. The van der Waals surface area contributed by atoms with E-state index < -0.39 is 0 Å². The predicted molar refractivity (Wildman–Crippen MR) is 97.9 cm³/mol. The predicted octanol–water partition coefficient (Wildman–Crippen LogP) is 3.94. The van der Waals surface area contributed by atoms with E-state index in [2.05, 4.69) is 36.1 Å². The first-order valence-corrected chi connectivity index (χ1v) is 8.89. The first-order valence-electron chi connectivity index (χ1n) is 8.89. The molecule has 2 aromatic rings. The van der Waals surface area contributed by atoms with Gasteiger partial charge in [0.1, 0.15) is 0 Å². The molecule has 0 spiro atoms. The Bertz CT molecular complexity index is 666. The van der Waals surface area contributed by atoms with Gasteiger partial charge in [-0.1, -0.05) is 49.4 Å². The Balaban J connectivity index is 1.82. The number of rotatable bonds is 5. The normalized spacial score (nSPS) is 18.6. The van der Waals surface area contributed by atoms with Crippen molar-refractivity contribution < 1.29 is 4.79 Å². The van der Waals surface area contributed by atoms with Crippen molar-refractivity contribution in [3.63, 3.8) is 0 Å². The molecule has 0 saturated carbocycles. The second kappa shape index (κ2) is 7.63. The van der Waals surface area contributed by atoms with Gasteiger partial charge in [0.2, 0.25) is 0 Å². The van der Waals surface area contributed by atoms with Crippen LogP contribution in [0.15, 0.2) is 54.6 Å². The van der Waals surface area contributed by atoms with Crippen LogP contribution in [0.4, 0.5) is 0 Å². The third-order valence-corrected chi connectivity index (χ3v) is 5.13. The van der Waals surface area contributed by atoms with Crippen molar-refractivity contribution in [3.05, 3.63) is 71.3 Å². The van der Waals surface area contributed by atoms with Gasteiger partial charge in [0.25, 0.3) is 5.91 Å². The molecule has 1 saturated heterocycles. The van der Waals surface area contributed by atoms with E-state index in [0.717, 1.165) is 36.9 Å². The van der Waals surface area contributed by atoms with Crippen molar-refractivity contribution in [2.75, 3.05) is 6.54 Å². The molecular formula is C21H26N2O. The summed E-state index contributed by atoms with van der Waals surface area (Å²) in [5.41, 5.74) is 8.80. The topological polar surface area (TPSA) is 46.3 Å². The molecule has 3 heteroatoms. The Morgan fingerprint density at radius 1 is 1.17 bits per heavy atom. The fourth-order valence-corrected chi connectivity index (χ4v) is 3.84. The van der Waals surface area contributed by atoms with Crippen molar-refractivity contribution in [1.29, 1.82) is 0 Å². The maximum absolute atomic E-state index is 13.0. The number of likely N-dealkylation sites (tertiary alicyclic amines) is 1. The summed E-state index contributed by atoms with van der Waals surface area (Å²) in [4.78, 5) is 15.1. The smallest absolute Gasteiger partial charge is 0.254 e. The molecule has 3 rings (SSSR count). The van der Waals surface area contributed by atoms with Gasteiger partial charge in [-0.15, -0.1) is 0 Å². The summed E-state index contributed by atoms with van der Waals surface area (Å²) >= 11 is 0. The van der Waals surface area contributed by atoms with E-state index in [1.807, 2.05) is 30.3 Å². The number of nitrogens with two attached hydrogens (primary N) is 1. The number of carbonyl (C=O) groups excluding carboxylic acids is 1. The first kappa shape index (κ1) is 16.7. The molecule has 3 nitrogen and oxygen atoms in total. The maximum atomic E-state index is 13.0. The van der Waals surface area contributed by atoms with E-state index in [4.69, 9.17) is 5.73 Å². The lowest BCUT2D eigenvalue weighted by atomic mass is 9.87. The van der Waals surface area contributed by atoms with Crippen molar-refractivity contribution in [3.8, 4) is 0 Å². The van der Waals surface area contributed by atoms with Gasteiger partial charge in [-0.25, -0.2) is 0 Å². The molecule has 1 heterocycles. The lowest BCUT2D eigenvalue weighted by Crippen LogP contribution is -2.39. The van der Waals surface area contributed by atoms with Crippen LogP contribution in [0, 0.1) is 0 Å². The second-order valence-corrected chi connectivity index (χ2v) is 6.53. The zero-order chi connectivity index (χ0) is 16.9. The van der Waals surface area contributed by atoms with Crippen LogP contribution in [0.2, 0.25) is 0 Å². The zero-order valence-corrected chi connectivity index (χ0v) is 14.3. The number of carbonyl (C=O) groups is 1. The quantitative estimate of drug-likeness (QED) is 0.906. The largest absolute Gasteiger partial charge is 0.335 e. The van der Waals surface area contributed by atoms with Crippen LogP contribution in [0.3, 0.4) is 0 Å². The highest BCUT2D eigenvalue weighted by molar-refractivity contribution is 5.94. The highest BCUT2D eigenvalue weighted by Crippen LogP contribution is 2.34. The molecule has 2 N–H and O–H groups in total. The SMILES string of the molecule is CCC(c1ccccc1)C1CCCN1C(=O)c1ccc(CN)cc1. The summed E-state index contributed by atoms with van der Waals surface area (Å²) in [6, 6.07) is 18.6. The average molecular weight is 322 g/mol. The fraction of sp³-hybridized carbons (Fsp3) is 0.381. The molecule has 0 aromatic heterocycles. The lowest BCUT2D eigenvalue weighted by Gasteiger charge is -2.32. The van der Waals surface area contributed by atoms with Crippen LogP contribution in [0.25, 0.3) is 0 Å². The second-order valence-electron chi connectivity index (χ2n) is 6.53. The number of amides is 1. The molecule has 2 aromatic carbocycles. The number of benzene rings is 2. The molecule has 24 heavy (non-hydrogen) atoms. The van der Waals surface area contributed by atoms with Crippen molar-refractivity contribution in [2.24, 2.45) is 5.73 Å². The van der Waals surface area contributed by atoms with Crippen molar-refractivity contribution in [1.82, 2.24) is 4.90 Å². The molecule has 2 atom stereocenters. The number of hydrogen-bond acceptors (Lipinski definition) is 2. The average Bonchev–Trinajstić information content (AvgIpc) is 3.12. The monoisotopic (exact) mass is 322 g/mol. The Hall–Kier alpha value is -2.13. The van der Waals surface area contributed by atoms with Gasteiger partial charge in [0.15, 0.2) is 0 Å². The van der Waals surface area contributed by atoms with E-state index >= 15 is 0 Å². The van der Waals surface area contributed by atoms with E-state index in [9.17, 15) is 4.79 Å². The minimum absolute atomic E-state index is 0.149. The van der Waals surface area contributed by atoms with Crippen LogP contribution in [-0.4, -0.2) is 23.4 Å². The van der Waals surface area contributed by atoms with E-state index in [1.165, 1.54) is 5.56 Å². The Morgan fingerprint density at radius 3 is 2.50 bits per heavy atom. The van der Waals surface area contributed by atoms with Gasteiger partial charge in [-0.05, 0) is 42.5 Å². The molecule has 1 aliphatic rings. The standard InChI is InChI=1S/C21H26N2O/c1-2-19(17-7-4-3-5-8-17)20-9-6-14-23(20)21(24)18-12-10-16(15-22)11-13-18/h3-5,7-8,10-13,19-20H,2,6,9,14-15,22H2,1H3. The molecule has 1 aliphatic heterocycles.